The van der Waals surface area contributed by atoms with Crippen LogP contribution in [0, 0.1) is 6.54 Å². The van der Waals surface area contributed by atoms with Crippen LogP contribution in [0.25, 0.3) is 0 Å². The van der Waals surface area contributed by atoms with Crippen molar-refractivity contribution in [1.82, 2.24) is 5.32 Å². The average Bonchev–Trinajstić information content (AvgIpc) is 2.20. The zero-order chi connectivity index (χ0) is 11.7. The summed E-state index contributed by atoms with van der Waals surface area (Å²) in [5, 5.41) is 11.3. The van der Waals surface area contributed by atoms with E-state index in [1.165, 1.54) is 6.54 Å². The van der Waals surface area contributed by atoms with E-state index < -0.39 is 12.0 Å². The third-order valence-corrected chi connectivity index (χ3v) is 2.43. The predicted molar refractivity (Wildman–Crippen MR) is 60.3 cm³/mol. The molecule has 0 saturated heterocycles. The number of carbonyl (C=O) groups excluding carboxylic acids is 1. The van der Waals surface area contributed by atoms with Crippen molar-refractivity contribution >= 4 is 23.6 Å². The first kappa shape index (κ1) is 14.2. The molecule has 0 aromatic heterocycles. The maximum Gasteiger partial charge on any atom is 0.326 e. The van der Waals surface area contributed by atoms with Crippen molar-refractivity contribution in [2.45, 2.75) is 25.3 Å². The molecule has 0 spiro atoms. The van der Waals surface area contributed by atoms with Gasteiger partial charge in [-0.25, -0.2) is 4.79 Å². The molecule has 0 saturated carbocycles. The molecule has 0 aliphatic rings. The van der Waals surface area contributed by atoms with Gasteiger partial charge in [0.2, 0.25) is 5.91 Å². The number of nitrogens with one attached hydrogen (secondary N) is 1. The Hall–Kier alpha value is -0.750. The van der Waals surface area contributed by atoms with Crippen LogP contribution in [-0.2, 0) is 9.59 Å². The lowest BCUT2D eigenvalue weighted by molar-refractivity contribution is -0.141. The highest BCUT2D eigenvalue weighted by Gasteiger charge is 2.18. The summed E-state index contributed by atoms with van der Waals surface area (Å²) in [6.07, 6.45) is 3.03. The molecule has 87 valence electrons. The van der Waals surface area contributed by atoms with Gasteiger partial charge < -0.3 is 16.2 Å². The summed E-state index contributed by atoms with van der Waals surface area (Å²) >= 11 is 1.55. The highest BCUT2D eigenvalue weighted by molar-refractivity contribution is 7.98. The Morgan fingerprint density at radius 1 is 1.60 bits per heavy atom. The molecule has 0 fully saturated rings. The average molecular weight is 233 g/mol. The lowest BCUT2D eigenvalue weighted by atomic mass is 10.2. The van der Waals surface area contributed by atoms with Crippen LogP contribution in [0.2, 0.25) is 0 Å². The van der Waals surface area contributed by atoms with E-state index in [0.29, 0.717) is 18.6 Å². The van der Waals surface area contributed by atoms with E-state index in [0.717, 1.165) is 0 Å². The molecule has 0 aromatic carbocycles. The van der Waals surface area contributed by atoms with Crippen LogP contribution in [0.1, 0.15) is 19.3 Å². The van der Waals surface area contributed by atoms with Gasteiger partial charge in [-0.2, -0.15) is 11.8 Å². The predicted octanol–water partition coefficient (Wildman–Crippen LogP) is 0.210. The van der Waals surface area contributed by atoms with E-state index in [2.05, 4.69) is 5.32 Å². The molecule has 1 radical (unpaired) electrons. The summed E-state index contributed by atoms with van der Waals surface area (Å²) in [5.74, 6) is -0.556. The molecule has 0 bridgehead atoms. The van der Waals surface area contributed by atoms with Gasteiger partial charge in [-0.1, -0.05) is 0 Å². The topological polar surface area (TPSA) is 92.4 Å². The fourth-order valence-electron chi connectivity index (χ4n) is 0.974. The van der Waals surface area contributed by atoms with Crippen LogP contribution in [0.5, 0.6) is 0 Å². The van der Waals surface area contributed by atoms with Crippen molar-refractivity contribution in [3.8, 4) is 0 Å². The molecular weight excluding hydrogens is 216 g/mol. The van der Waals surface area contributed by atoms with Crippen LogP contribution in [0.15, 0.2) is 0 Å². The van der Waals surface area contributed by atoms with E-state index in [1.807, 2.05) is 6.26 Å². The quantitative estimate of drug-likeness (QED) is 0.557. The van der Waals surface area contributed by atoms with Crippen LogP contribution in [0.3, 0.4) is 0 Å². The Balaban J connectivity index is 3.93. The van der Waals surface area contributed by atoms with Gasteiger partial charge in [0.05, 0.1) is 0 Å². The smallest absolute Gasteiger partial charge is 0.326 e. The molecule has 0 rings (SSSR count). The largest absolute Gasteiger partial charge is 0.480 e. The van der Waals surface area contributed by atoms with E-state index in [-0.39, 0.29) is 12.3 Å². The normalized spacial score (nSPS) is 12.1. The summed E-state index contributed by atoms with van der Waals surface area (Å²) in [6, 6.07) is -0.789. The Morgan fingerprint density at radius 2 is 2.27 bits per heavy atom. The summed E-state index contributed by atoms with van der Waals surface area (Å²) in [6.45, 7) is 1.39. The number of hydrogen-bond donors (Lipinski definition) is 3. The van der Waals surface area contributed by atoms with Crippen molar-refractivity contribution in [3.63, 3.8) is 0 Å². The minimum Gasteiger partial charge on any atom is -0.480 e. The highest BCUT2D eigenvalue weighted by atomic mass is 32.2. The number of carbonyl (C=O) groups is 2. The minimum atomic E-state index is -0.992. The summed E-state index contributed by atoms with van der Waals surface area (Å²) < 4.78 is 0. The van der Waals surface area contributed by atoms with E-state index in [9.17, 15) is 9.59 Å². The second-order valence-corrected chi connectivity index (χ2v) is 4.00. The lowest BCUT2D eigenvalue weighted by Gasteiger charge is -2.13. The molecule has 0 aromatic rings. The molecule has 6 heteroatoms. The number of amides is 1. The summed E-state index contributed by atoms with van der Waals surface area (Å²) in [5.41, 5.74) is 5.12. The molecular formula is C9H17N2O3S. The maximum atomic E-state index is 11.2. The monoisotopic (exact) mass is 233 g/mol. The number of carboxylic acids is 1. The Morgan fingerprint density at radius 3 is 2.73 bits per heavy atom. The van der Waals surface area contributed by atoms with Gasteiger partial charge in [-0.3, -0.25) is 4.79 Å². The fourth-order valence-corrected chi connectivity index (χ4v) is 1.45. The van der Waals surface area contributed by atoms with Gasteiger partial charge in [-0.15, -0.1) is 0 Å². The molecule has 1 atom stereocenters. The maximum absolute atomic E-state index is 11.2. The standard InChI is InChI=1S/C9H17N2O3S/c1-15-6-4-7(9(13)14)11-8(12)3-2-5-10/h5,7H,2-4,6,10H2,1H3,(H,11,12)(H,13,14)/t7-/m0/s1. The van der Waals surface area contributed by atoms with Crippen LogP contribution in [-0.4, -0.2) is 35.0 Å². The fraction of sp³-hybridized carbons (Fsp3) is 0.667. The number of thioether (sulfide) groups is 1. The van der Waals surface area contributed by atoms with Crippen molar-refractivity contribution in [1.29, 1.82) is 0 Å². The lowest BCUT2D eigenvalue weighted by Crippen LogP contribution is -2.41. The first-order chi connectivity index (χ1) is 7.11. The molecule has 15 heavy (non-hydrogen) atoms. The Bertz CT molecular complexity index is 212. The van der Waals surface area contributed by atoms with Crippen molar-refractivity contribution < 1.29 is 14.7 Å². The highest BCUT2D eigenvalue weighted by Crippen LogP contribution is 2.02. The molecule has 4 N–H and O–H groups in total. The zero-order valence-electron chi connectivity index (χ0n) is 8.73. The van der Waals surface area contributed by atoms with Gasteiger partial charge in [0, 0.05) is 13.0 Å². The van der Waals surface area contributed by atoms with Crippen molar-refractivity contribution in [2.24, 2.45) is 5.73 Å². The molecule has 5 nitrogen and oxygen atoms in total. The second-order valence-electron chi connectivity index (χ2n) is 3.01. The van der Waals surface area contributed by atoms with Gasteiger partial charge in [0.25, 0.3) is 0 Å². The van der Waals surface area contributed by atoms with E-state index in [4.69, 9.17) is 10.8 Å². The van der Waals surface area contributed by atoms with E-state index >= 15 is 0 Å². The molecule has 1 amide bonds. The number of nitrogens with two attached hydrogens (primary N) is 1. The summed E-state index contributed by atoms with van der Waals surface area (Å²) in [7, 11) is 0. The third kappa shape index (κ3) is 7.21. The van der Waals surface area contributed by atoms with Gasteiger partial charge in [0.1, 0.15) is 6.04 Å². The SMILES string of the molecule is CSCC[C@H](NC(=O)CC[CH]N)C(=O)O. The summed E-state index contributed by atoms with van der Waals surface area (Å²) in [4.78, 5) is 22.0. The second kappa shape index (κ2) is 8.55. The third-order valence-electron chi connectivity index (χ3n) is 1.78. The Labute approximate surface area is 93.8 Å². The number of carboxylic acid groups (broad SMARTS) is 1. The van der Waals surface area contributed by atoms with Gasteiger partial charge >= 0.3 is 5.97 Å². The molecule has 0 unspecified atom stereocenters. The van der Waals surface area contributed by atoms with Crippen LogP contribution < -0.4 is 11.1 Å². The van der Waals surface area contributed by atoms with Crippen LogP contribution in [0.4, 0.5) is 0 Å². The van der Waals surface area contributed by atoms with Gasteiger partial charge in [-0.05, 0) is 24.9 Å². The van der Waals surface area contributed by atoms with Crippen molar-refractivity contribution in [3.05, 3.63) is 6.54 Å². The van der Waals surface area contributed by atoms with E-state index in [1.54, 1.807) is 11.8 Å². The molecule has 0 aliphatic heterocycles. The zero-order valence-corrected chi connectivity index (χ0v) is 9.55. The molecule has 0 heterocycles. The van der Waals surface area contributed by atoms with Crippen molar-refractivity contribution in [2.75, 3.05) is 12.0 Å². The molecule has 0 aliphatic carbocycles. The first-order valence-electron chi connectivity index (χ1n) is 4.66. The number of rotatable bonds is 8. The van der Waals surface area contributed by atoms with Gasteiger partial charge in [0.15, 0.2) is 0 Å². The minimum absolute atomic E-state index is 0.236. The number of aliphatic carboxylic acids is 1. The van der Waals surface area contributed by atoms with Crippen LogP contribution >= 0.6 is 11.8 Å². The Kier molecular flexibility index (Phi) is 8.12. The first-order valence-corrected chi connectivity index (χ1v) is 6.05. The number of hydrogen-bond acceptors (Lipinski definition) is 4.